The summed E-state index contributed by atoms with van der Waals surface area (Å²) in [5, 5.41) is 12.0. The first-order valence-corrected chi connectivity index (χ1v) is 6.21. The quantitative estimate of drug-likeness (QED) is 0.811. The van der Waals surface area contributed by atoms with Crippen LogP contribution in [0.5, 0.6) is 5.75 Å². The van der Waals surface area contributed by atoms with Crippen LogP contribution in [0.4, 0.5) is 24.5 Å². The van der Waals surface area contributed by atoms with Crippen LogP contribution >= 0.6 is 0 Å². The Balaban J connectivity index is 2.01. The molecule has 0 bridgehead atoms. The van der Waals surface area contributed by atoms with E-state index >= 15 is 0 Å². The summed E-state index contributed by atoms with van der Waals surface area (Å²) in [4.78, 5) is 3.27. The number of nitrogens with two attached hydrogens (primary N) is 1. The zero-order valence-corrected chi connectivity index (χ0v) is 11.0. The first-order valence-electron chi connectivity index (χ1n) is 6.21. The van der Waals surface area contributed by atoms with E-state index in [9.17, 15) is 13.2 Å². The Morgan fingerprint density at radius 2 is 1.86 bits per heavy atom. The van der Waals surface area contributed by atoms with Crippen molar-refractivity contribution in [2.45, 2.75) is 12.6 Å². The highest BCUT2D eigenvalue weighted by atomic mass is 19.4. The summed E-state index contributed by atoms with van der Waals surface area (Å²) in [6, 6.07) is 7.49. The number of rotatable bonds is 4. The van der Waals surface area contributed by atoms with Gasteiger partial charge in [-0.15, -0.1) is 0 Å². The molecular formula is C14H14F3N3O. The van der Waals surface area contributed by atoms with Gasteiger partial charge in [-0.2, -0.15) is 13.2 Å². The molecule has 0 aliphatic carbocycles. The van der Waals surface area contributed by atoms with Gasteiger partial charge >= 0.3 is 6.18 Å². The molecule has 1 aromatic carbocycles. The van der Waals surface area contributed by atoms with Crippen molar-refractivity contribution in [2.24, 2.45) is 0 Å². The predicted molar refractivity (Wildman–Crippen MR) is 74.0 cm³/mol. The number of nitrogens with one attached hydrogen (secondary N) is 1. The first-order chi connectivity index (χ1) is 9.86. The molecule has 0 atom stereocenters. The van der Waals surface area contributed by atoms with Crippen molar-refractivity contribution in [1.29, 1.82) is 0 Å². The number of hydrogen-bond donors (Lipinski definition) is 3. The molecule has 1 aromatic heterocycles. The Hall–Kier alpha value is -2.44. The second-order valence-corrected chi connectivity index (χ2v) is 4.50. The maximum absolute atomic E-state index is 12.6. The summed E-state index contributed by atoms with van der Waals surface area (Å²) in [5.41, 5.74) is 5.94. The monoisotopic (exact) mass is 297 g/mol. The number of anilines is 2. The van der Waals surface area contributed by atoms with Gasteiger partial charge in [-0.1, -0.05) is 12.1 Å². The summed E-state index contributed by atoms with van der Waals surface area (Å²) in [6.07, 6.45) is -2.92. The zero-order valence-electron chi connectivity index (χ0n) is 11.0. The van der Waals surface area contributed by atoms with Crippen molar-refractivity contribution in [3.8, 4) is 5.75 Å². The third-order valence-corrected chi connectivity index (χ3v) is 2.89. The van der Waals surface area contributed by atoms with Gasteiger partial charge in [0.25, 0.3) is 0 Å². The highest BCUT2D eigenvalue weighted by Gasteiger charge is 2.32. The fourth-order valence-corrected chi connectivity index (χ4v) is 1.78. The summed E-state index contributed by atoms with van der Waals surface area (Å²) >= 11 is 0. The van der Waals surface area contributed by atoms with Gasteiger partial charge in [0.05, 0.1) is 17.6 Å². The third-order valence-electron chi connectivity index (χ3n) is 2.89. The van der Waals surface area contributed by atoms with Crippen LogP contribution in [0.15, 0.2) is 36.5 Å². The van der Waals surface area contributed by atoms with E-state index in [1.165, 1.54) is 0 Å². The van der Waals surface area contributed by atoms with Crippen LogP contribution < -0.4 is 11.1 Å². The molecule has 0 spiro atoms. The number of hydrogen-bond acceptors (Lipinski definition) is 4. The van der Waals surface area contributed by atoms with E-state index < -0.39 is 11.9 Å². The maximum Gasteiger partial charge on any atom is 0.433 e. The first kappa shape index (κ1) is 15.0. The molecule has 0 fully saturated rings. The largest absolute Gasteiger partial charge is 0.508 e. The lowest BCUT2D eigenvalue weighted by molar-refractivity contribution is -0.141. The van der Waals surface area contributed by atoms with Crippen LogP contribution in [0, 0.1) is 0 Å². The van der Waals surface area contributed by atoms with E-state index in [-0.39, 0.29) is 17.1 Å². The molecule has 0 unspecified atom stereocenters. The van der Waals surface area contributed by atoms with Crippen LogP contribution in [-0.4, -0.2) is 16.6 Å². The van der Waals surface area contributed by atoms with Gasteiger partial charge < -0.3 is 16.2 Å². The highest BCUT2D eigenvalue weighted by Crippen LogP contribution is 2.31. The predicted octanol–water partition coefficient (Wildman–Crippen LogP) is 3.04. The number of nitrogen functional groups attached to an aromatic ring is 1. The summed E-state index contributed by atoms with van der Waals surface area (Å²) in [5.74, 6) is 0.167. The van der Waals surface area contributed by atoms with Crippen molar-refractivity contribution in [2.75, 3.05) is 17.6 Å². The van der Waals surface area contributed by atoms with Gasteiger partial charge in [0.15, 0.2) is 0 Å². The molecule has 112 valence electrons. The lowest BCUT2D eigenvalue weighted by atomic mass is 10.1. The molecule has 2 rings (SSSR count). The van der Waals surface area contributed by atoms with Crippen molar-refractivity contribution in [3.63, 3.8) is 0 Å². The topological polar surface area (TPSA) is 71.2 Å². The van der Waals surface area contributed by atoms with Crippen LogP contribution in [-0.2, 0) is 12.6 Å². The summed E-state index contributed by atoms with van der Waals surface area (Å²) in [6.45, 7) is 0.413. The molecule has 21 heavy (non-hydrogen) atoms. The molecule has 0 aliphatic heterocycles. The summed E-state index contributed by atoms with van der Waals surface area (Å²) in [7, 11) is 0. The molecule has 4 N–H and O–H groups in total. The second-order valence-electron chi connectivity index (χ2n) is 4.50. The number of benzene rings is 1. The van der Waals surface area contributed by atoms with E-state index in [1.807, 2.05) is 0 Å². The lowest BCUT2D eigenvalue weighted by Gasteiger charge is -2.12. The minimum absolute atomic E-state index is 0.161. The van der Waals surface area contributed by atoms with E-state index in [1.54, 1.807) is 24.3 Å². The number of phenols is 1. The number of pyridine rings is 1. The Bertz CT molecular complexity index is 612. The average Bonchev–Trinajstić information content (AvgIpc) is 2.42. The molecule has 0 radical (unpaired) electrons. The van der Waals surface area contributed by atoms with E-state index in [2.05, 4.69) is 10.3 Å². The molecule has 1 heterocycles. The average molecular weight is 297 g/mol. The fraction of sp³-hybridized carbons (Fsp3) is 0.214. The van der Waals surface area contributed by atoms with Crippen molar-refractivity contribution in [1.82, 2.24) is 4.98 Å². The Labute approximate surface area is 119 Å². The Morgan fingerprint density at radius 1 is 1.19 bits per heavy atom. The Kier molecular flexibility index (Phi) is 4.21. The number of phenolic OH excluding ortho intramolecular Hbond substituents is 1. The SMILES string of the molecule is Nc1cnc(C(F)(F)F)cc1NCCc1ccc(O)cc1. The van der Waals surface area contributed by atoms with Crippen LogP contribution in [0.25, 0.3) is 0 Å². The van der Waals surface area contributed by atoms with E-state index in [4.69, 9.17) is 10.8 Å². The van der Waals surface area contributed by atoms with Crippen molar-refractivity contribution >= 4 is 11.4 Å². The second kappa shape index (κ2) is 5.90. The number of aromatic hydroxyl groups is 1. The van der Waals surface area contributed by atoms with Crippen LogP contribution in [0.2, 0.25) is 0 Å². The lowest BCUT2D eigenvalue weighted by Crippen LogP contribution is -2.12. The van der Waals surface area contributed by atoms with E-state index in [0.29, 0.717) is 13.0 Å². The smallest absolute Gasteiger partial charge is 0.433 e. The summed E-state index contributed by atoms with van der Waals surface area (Å²) < 4.78 is 37.7. The molecule has 7 heteroatoms. The van der Waals surface area contributed by atoms with Gasteiger partial charge in [0, 0.05) is 6.54 Å². The number of halogens is 3. The molecule has 0 saturated carbocycles. The number of nitrogens with zero attached hydrogens (tertiary/aromatic N) is 1. The van der Waals surface area contributed by atoms with Crippen LogP contribution in [0.3, 0.4) is 0 Å². The molecule has 0 aliphatic rings. The highest BCUT2D eigenvalue weighted by molar-refractivity contribution is 5.65. The minimum Gasteiger partial charge on any atom is -0.508 e. The van der Waals surface area contributed by atoms with Gasteiger partial charge in [-0.25, -0.2) is 4.98 Å². The molecule has 0 amide bonds. The minimum atomic E-state index is -4.50. The van der Waals surface area contributed by atoms with Gasteiger partial charge in [-0.3, -0.25) is 0 Å². The number of alkyl halides is 3. The van der Waals surface area contributed by atoms with Crippen LogP contribution in [0.1, 0.15) is 11.3 Å². The van der Waals surface area contributed by atoms with Crippen molar-refractivity contribution < 1.29 is 18.3 Å². The maximum atomic E-state index is 12.6. The Morgan fingerprint density at radius 3 is 2.48 bits per heavy atom. The normalized spacial score (nSPS) is 11.4. The third kappa shape index (κ3) is 4.01. The van der Waals surface area contributed by atoms with Crippen molar-refractivity contribution in [3.05, 3.63) is 47.8 Å². The molecule has 2 aromatic rings. The van der Waals surface area contributed by atoms with Gasteiger partial charge in [0.1, 0.15) is 11.4 Å². The standard InChI is InChI=1S/C14H14F3N3O/c15-14(16,17)13-7-12(11(18)8-20-13)19-6-5-9-1-3-10(21)4-2-9/h1-4,7-8,21H,5-6,18H2,(H,19,20). The molecule has 4 nitrogen and oxygen atoms in total. The van der Waals surface area contributed by atoms with E-state index in [0.717, 1.165) is 17.8 Å². The van der Waals surface area contributed by atoms with Gasteiger partial charge in [-0.05, 0) is 30.2 Å². The number of aromatic nitrogens is 1. The fourth-order valence-electron chi connectivity index (χ4n) is 1.78. The zero-order chi connectivity index (χ0) is 15.5. The molecular weight excluding hydrogens is 283 g/mol. The molecule has 0 saturated heterocycles. The van der Waals surface area contributed by atoms with Gasteiger partial charge in [0.2, 0.25) is 0 Å².